The molecule has 33 heavy (non-hydrogen) atoms. The van der Waals surface area contributed by atoms with E-state index in [1.807, 2.05) is 26.0 Å². The summed E-state index contributed by atoms with van der Waals surface area (Å²) >= 11 is 12.3. The second-order valence-electron chi connectivity index (χ2n) is 8.83. The van der Waals surface area contributed by atoms with Crippen molar-refractivity contribution < 1.29 is 19.2 Å². The zero-order chi connectivity index (χ0) is 24.3. The van der Waals surface area contributed by atoms with Gasteiger partial charge < -0.3 is 10.2 Å². The minimum atomic E-state index is -0.775. The van der Waals surface area contributed by atoms with Gasteiger partial charge in [-0.15, -0.1) is 0 Å². The average Bonchev–Trinajstić information content (AvgIpc) is 3.00. The maximum atomic E-state index is 13.3. The number of halogens is 2. The molecule has 1 fully saturated rings. The van der Waals surface area contributed by atoms with Crippen LogP contribution in [0.4, 0.5) is 0 Å². The van der Waals surface area contributed by atoms with Crippen molar-refractivity contribution in [2.45, 2.75) is 58.7 Å². The number of allylic oxidation sites excluding steroid dienone is 2. The predicted molar refractivity (Wildman–Crippen MR) is 126 cm³/mol. The Balaban J connectivity index is 1.75. The molecule has 1 aromatic rings. The first-order valence-electron chi connectivity index (χ1n) is 11.1. The lowest BCUT2D eigenvalue weighted by Crippen LogP contribution is -2.49. The summed E-state index contributed by atoms with van der Waals surface area (Å²) < 4.78 is 0. The fourth-order valence-corrected chi connectivity index (χ4v) is 4.73. The third-order valence-electron chi connectivity index (χ3n) is 6.10. The highest BCUT2D eigenvalue weighted by Gasteiger charge is 2.47. The smallest absolute Gasteiger partial charge is 0.242 e. The minimum Gasteiger partial charge on any atom is -0.352 e. The van der Waals surface area contributed by atoms with Gasteiger partial charge in [-0.25, -0.2) is 0 Å². The zero-order valence-electron chi connectivity index (χ0n) is 19.0. The van der Waals surface area contributed by atoms with E-state index in [9.17, 15) is 19.2 Å². The maximum absolute atomic E-state index is 13.3. The van der Waals surface area contributed by atoms with Crippen LogP contribution in [0.3, 0.4) is 0 Å². The molecule has 9 heteroatoms. The molecule has 0 spiro atoms. The summed E-state index contributed by atoms with van der Waals surface area (Å²) in [5.74, 6) is -1.76. The zero-order valence-corrected chi connectivity index (χ0v) is 20.5. The molecule has 1 saturated heterocycles. The van der Waals surface area contributed by atoms with Crippen molar-refractivity contribution >= 4 is 46.8 Å². The number of nitrogens with zero attached hydrogens (tertiary/aromatic N) is 2. The quantitative estimate of drug-likeness (QED) is 0.442. The summed E-state index contributed by atoms with van der Waals surface area (Å²) in [6.07, 6.45) is 4.87. The second-order valence-corrected chi connectivity index (χ2v) is 9.67. The number of imide groups is 1. The highest BCUT2D eigenvalue weighted by Crippen LogP contribution is 2.35. The van der Waals surface area contributed by atoms with Crippen LogP contribution in [0.5, 0.6) is 0 Å². The van der Waals surface area contributed by atoms with Gasteiger partial charge in [0.2, 0.25) is 23.6 Å². The van der Waals surface area contributed by atoms with Crippen molar-refractivity contribution in [3.8, 4) is 0 Å². The van der Waals surface area contributed by atoms with Gasteiger partial charge in [0.25, 0.3) is 0 Å². The number of rotatable bonds is 8. The van der Waals surface area contributed by atoms with Crippen molar-refractivity contribution in [3.63, 3.8) is 0 Å². The summed E-state index contributed by atoms with van der Waals surface area (Å²) in [7, 11) is 0. The largest absolute Gasteiger partial charge is 0.352 e. The fraction of sp³-hybridized carbons (Fsp3) is 0.500. The van der Waals surface area contributed by atoms with Gasteiger partial charge in [-0.1, -0.05) is 41.4 Å². The van der Waals surface area contributed by atoms with Gasteiger partial charge in [-0.3, -0.25) is 24.1 Å². The first-order valence-corrected chi connectivity index (χ1v) is 11.9. The molecule has 3 rings (SSSR count). The molecule has 1 aliphatic carbocycles. The predicted octanol–water partition coefficient (Wildman–Crippen LogP) is 3.58. The number of benzene rings is 1. The highest BCUT2D eigenvalue weighted by atomic mass is 35.5. The molecule has 7 nitrogen and oxygen atoms in total. The molecule has 3 atom stereocenters. The van der Waals surface area contributed by atoms with Gasteiger partial charge in [0.1, 0.15) is 6.04 Å². The van der Waals surface area contributed by atoms with E-state index >= 15 is 0 Å². The standard InChI is InChI=1S/C24H29Cl2N3O4/c1-14(2)27-22(31)15(3)29(13-16-8-9-17(25)12-20(16)26)21(30)10-11-28-23(32)18-6-4-5-7-19(18)24(28)33/h4-5,8-9,12,14-15,18-19H,6-7,10-11,13H2,1-3H3,(H,27,31)/t15-,18-,19+/m0/s1. The number of hydrogen-bond acceptors (Lipinski definition) is 4. The van der Waals surface area contributed by atoms with Crippen molar-refractivity contribution in [1.29, 1.82) is 0 Å². The van der Waals surface area contributed by atoms with Crippen LogP contribution < -0.4 is 5.32 Å². The fourth-order valence-electron chi connectivity index (χ4n) is 4.26. The lowest BCUT2D eigenvalue weighted by Gasteiger charge is -2.30. The summed E-state index contributed by atoms with van der Waals surface area (Å²) in [5, 5.41) is 3.67. The van der Waals surface area contributed by atoms with Gasteiger partial charge in [-0.2, -0.15) is 0 Å². The monoisotopic (exact) mass is 493 g/mol. The molecule has 1 aliphatic heterocycles. The summed E-state index contributed by atoms with van der Waals surface area (Å²) in [5.41, 5.74) is 0.643. The Morgan fingerprint density at radius 2 is 1.70 bits per heavy atom. The van der Waals surface area contributed by atoms with Crippen LogP contribution in [0.2, 0.25) is 10.0 Å². The summed E-state index contributed by atoms with van der Waals surface area (Å²) in [4.78, 5) is 54.0. The Hall–Kier alpha value is -2.38. The van der Waals surface area contributed by atoms with Crippen LogP contribution >= 0.6 is 23.2 Å². The van der Waals surface area contributed by atoms with E-state index in [-0.39, 0.29) is 61.0 Å². The highest BCUT2D eigenvalue weighted by molar-refractivity contribution is 6.35. The molecular formula is C24H29Cl2N3O4. The van der Waals surface area contributed by atoms with E-state index in [1.54, 1.807) is 25.1 Å². The number of carbonyl (C=O) groups excluding carboxylic acids is 4. The SMILES string of the molecule is CC(C)NC(=O)[C@H](C)N(Cc1ccc(Cl)cc1Cl)C(=O)CCN1C(=O)[C@H]2CC=CC[C@H]2C1=O. The lowest BCUT2D eigenvalue weighted by atomic mass is 9.85. The maximum Gasteiger partial charge on any atom is 0.242 e. The van der Waals surface area contributed by atoms with Crippen molar-refractivity contribution in [1.82, 2.24) is 15.1 Å². The van der Waals surface area contributed by atoms with Crippen molar-refractivity contribution in [2.24, 2.45) is 11.8 Å². The first-order chi connectivity index (χ1) is 15.6. The molecule has 0 radical (unpaired) electrons. The lowest BCUT2D eigenvalue weighted by molar-refractivity contribution is -0.143. The second kappa shape index (κ2) is 10.7. The van der Waals surface area contributed by atoms with E-state index in [2.05, 4.69) is 5.32 Å². The van der Waals surface area contributed by atoms with Gasteiger partial charge in [0.05, 0.1) is 11.8 Å². The average molecular weight is 494 g/mol. The summed E-state index contributed by atoms with van der Waals surface area (Å²) in [6, 6.07) is 4.10. The van der Waals surface area contributed by atoms with Crippen molar-refractivity contribution in [2.75, 3.05) is 6.54 Å². The van der Waals surface area contributed by atoms with Gasteiger partial charge >= 0.3 is 0 Å². The van der Waals surface area contributed by atoms with Crippen LogP contribution in [-0.4, -0.2) is 52.1 Å². The number of hydrogen-bond donors (Lipinski definition) is 1. The van der Waals surface area contributed by atoms with Gasteiger partial charge in [0, 0.05) is 35.6 Å². The molecular weight excluding hydrogens is 465 g/mol. The number of likely N-dealkylation sites (tertiary alicyclic amines) is 1. The van der Waals surface area contributed by atoms with E-state index in [4.69, 9.17) is 23.2 Å². The topological polar surface area (TPSA) is 86.8 Å². The molecule has 4 amide bonds. The van der Waals surface area contributed by atoms with Gasteiger partial charge in [0.15, 0.2) is 0 Å². The Morgan fingerprint density at radius 3 is 2.24 bits per heavy atom. The molecule has 1 aromatic carbocycles. The molecule has 0 aromatic heterocycles. The minimum absolute atomic E-state index is 0.00707. The Kier molecular flexibility index (Phi) is 8.19. The number of fused-ring (bicyclic) bond motifs is 1. The molecule has 1 heterocycles. The van der Waals surface area contributed by atoms with E-state index in [0.29, 0.717) is 28.5 Å². The molecule has 2 aliphatic rings. The van der Waals surface area contributed by atoms with Crippen LogP contribution in [0.25, 0.3) is 0 Å². The Labute approximate surface area is 204 Å². The summed E-state index contributed by atoms with van der Waals surface area (Å²) in [6.45, 7) is 5.41. The molecule has 0 bridgehead atoms. The van der Waals surface area contributed by atoms with E-state index in [1.165, 1.54) is 9.80 Å². The van der Waals surface area contributed by atoms with Crippen LogP contribution in [0, 0.1) is 11.8 Å². The third-order valence-corrected chi connectivity index (χ3v) is 6.69. The molecule has 1 N–H and O–H groups in total. The Bertz CT molecular complexity index is 952. The number of amides is 4. The third kappa shape index (κ3) is 5.76. The normalized spacial score (nSPS) is 20.7. The van der Waals surface area contributed by atoms with Crippen molar-refractivity contribution in [3.05, 3.63) is 46.0 Å². The van der Waals surface area contributed by atoms with Crippen LogP contribution in [-0.2, 0) is 25.7 Å². The Morgan fingerprint density at radius 1 is 1.09 bits per heavy atom. The van der Waals surface area contributed by atoms with E-state index < -0.39 is 6.04 Å². The molecule has 178 valence electrons. The van der Waals surface area contributed by atoms with E-state index in [0.717, 1.165) is 0 Å². The van der Waals surface area contributed by atoms with Gasteiger partial charge in [-0.05, 0) is 51.3 Å². The first kappa shape index (κ1) is 25.2. The van der Waals surface area contributed by atoms with Crippen LogP contribution in [0.15, 0.2) is 30.4 Å². The number of nitrogens with one attached hydrogen (secondary N) is 1. The molecule has 0 saturated carbocycles. The number of carbonyl (C=O) groups is 4. The molecule has 0 unspecified atom stereocenters. The van der Waals surface area contributed by atoms with Crippen LogP contribution in [0.1, 0.15) is 45.6 Å².